The second kappa shape index (κ2) is 5.34. The number of nitrogens with zero attached hydrogens (tertiary/aromatic N) is 6. The normalized spacial score (nSPS) is 21.5. The molecular formula is C13H21N7O. The van der Waals surface area contributed by atoms with Gasteiger partial charge in [-0.05, 0) is 6.42 Å². The van der Waals surface area contributed by atoms with Gasteiger partial charge in [0.15, 0.2) is 0 Å². The Kier molecular flexibility index (Phi) is 3.52. The van der Waals surface area contributed by atoms with E-state index in [9.17, 15) is 4.79 Å². The molecule has 0 aromatic carbocycles. The number of hydrogen-bond donors (Lipinski definition) is 1. The highest BCUT2D eigenvalue weighted by molar-refractivity contribution is 5.79. The van der Waals surface area contributed by atoms with Crippen LogP contribution < -0.4 is 15.1 Å². The molecule has 2 saturated heterocycles. The first-order valence-corrected chi connectivity index (χ1v) is 7.24. The Hall–Kier alpha value is -2.12. The second-order valence-electron chi connectivity index (χ2n) is 5.63. The van der Waals surface area contributed by atoms with E-state index in [-0.39, 0.29) is 5.91 Å². The molecule has 8 heteroatoms. The van der Waals surface area contributed by atoms with Crippen LogP contribution in [0.5, 0.6) is 0 Å². The SMILES string of the molecule is CNc1nc(N(C)C)nc(N2CCN3C(=O)CCC3C2)n1. The van der Waals surface area contributed by atoms with Crippen LogP contribution in [0, 0.1) is 0 Å². The molecule has 1 amide bonds. The molecule has 0 aliphatic carbocycles. The van der Waals surface area contributed by atoms with Crippen LogP contribution in [-0.2, 0) is 4.79 Å². The average molecular weight is 291 g/mol. The monoisotopic (exact) mass is 291 g/mol. The van der Waals surface area contributed by atoms with Gasteiger partial charge in [0.1, 0.15) is 0 Å². The van der Waals surface area contributed by atoms with Crippen LogP contribution in [0.4, 0.5) is 17.8 Å². The lowest BCUT2D eigenvalue weighted by Crippen LogP contribution is -2.52. The number of carbonyl (C=O) groups is 1. The van der Waals surface area contributed by atoms with Crippen molar-refractivity contribution < 1.29 is 4.79 Å². The molecule has 2 fully saturated rings. The number of nitrogens with one attached hydrogen (secondary N) is 1. The van der Waals surface area contributed by atoms with E-state index in [0.29, 0.717) is 30.3 Å². The number of rotatable bonds is 3. The molecule has 8 nitrogen and oxygen atoms in total. The number of anilines is 3. The third kappa shape index (κ3) is 2.57. The lowest BCUT2D eigenvalue weighted by molar-refractivity contribution is -0.129. The van der Waals surface area contributed by atoms with Gasteiger partial charge in [0.25, 0.3) is 0 Å². The smallest absolute Gasteiger partial charge is 0.232 e. The van der Waals surface area contributed by atoms with Crippen LogP contribution in [0.1, 0.15) is 12.8 Å². The molecule has 1 N–H and O–H groups in total. The molecule has 114 valence electrons. The van der Waals surface area contributed by atoms with Gasteiger partial charge in [0.2, 0.25) is 23.8 Å². The molecule has 3 heterocycles. The summed E-state index contributed by atoms with van der Waals surface area (Å²) >= 11 is 0. The molecule has 1 atom stereocenters. The van der Waals surface area contributed by atoms with E-state index in [1.165, 1.54) is 0 Å². The van der Waals surface area contributed by atoms with Crippen molar-refractivity contribution in [2.24, 2.45) is 0 Å². The average Bonchev–Trinajstić information content (AvgIpc) is 2.87. The van der Waals surface area contributed by atoms with E-state index >= 15 is 0 Å². The van der Waals surface area contributed by atoms with E-state index in [2.05, 4.69) is 25.2 Å². The Balaban J connectivity index is 1.83. The predicted octanol–water partition coefficient (Wildman–Crippen LogP) is -0.210. The molecule has 21 heavy (non-hydrogen) atoms. The molecule has 0 bridgehead atoms. The molecule has 1 aromatic heterocycles. The van der Waals surface area contributed by atoms with Gasteiger partial charge in [0, 0.05) is 53.2 Å². The van der Waals surface area contributed by atoms with Crippen LogP contribution >= 0.6 is 0 Å². The Morgan fingerprint density at radius 2 is 2.05 bits per heavy atom. The largest absolute Gasteiger partial charge is 0.357 e. The maximum Gasteiger partial charge on any atom is 0.232 e. The summed E-state index contributed by atoms with van der Waals surface area (Å²) in [5.74, 6) is 2.15. The van der Waals surface area contributed by atoms with Crippen LogP contribution in [-0.4, -0.2) is 72.6 Å². The molecule has 2 aliphatic rings. The first kappa shape index (κ1) is 13.8. The summed E-state index contributed by atoms with van der Waals surface area (Å²) < 4.78 is 0. The first-order valence-electron chi connectivity index (χ1n) is 7.24. The third-order valence-corrected chi connectivity index (χ3v) is 4.01. The number of hydrogen-bond acceptors (Lipinski definition) is 7. The maximum atomic E-state index is 11.7. The summed E-state index contributed by atoms with van der Waals surface area (Å²) in [5, 5.41) is 2.98. The van der Waals surface area contributed by atoms with Crippen molar-refractivity contribution in [1.29, 1.82) is 0 Å². The van der Waals surface area contributed by atoms with Gasteiger partial charge in [-0.3, -0.25) is 4.79 Å². The molecule has 0 radical (unpaired) electrons. The van der Waals surface area contributed by atoms with Gasteiger partial charge in [-0.2, -0.15) is 15.0 Å². The number of fused-ring (bicyclic) bond motifs is 1. The van der Waals surface area contributed by atoms with Crippen LogP contribution in [0.2, 0.25) is 0 Å². The fraction of sp³-hybridized carbons (Fsp3) is 0.692. The highest BCUT2D eigenvalue weighted by atomic mass is 16.2. The zero-order valence-electron chi connectivity index (χ0n) is 12.7. The van der Waals surface area contributed by atoms with E-state index in [1.54, 1.807) is 7.05 Å². The van der Waals surface area contributed by atoms with Crippen LogP contribution in [0.15, 0.2) is 0 Å². The minimum absolute atomic E-state index is 0.278. The molecule has 0 spiro atoms. The Labute approximate surface area is 124 Å². The molecule has 1 aromatic rings. The van der Waals surface area contributed by atoms with Gasteiger partial charge in [0.05, 0.1) is 0 Å². The van der Waals surface area contributed by atoms with Gasteiger partial charge in [-0.25, -0.2) is 0 Å². The number of piperazine rings is 1. The fourth-order valence-electron chi connectivity index (χ4n) is 2.85. The summed E-state index contributed by atoms with van der Waals surface area (Å²) in [6.07, 6.45) is 1.60. The maximum absolute atomic E-state index is 11.7. The predicted molar refractivity (Wildman–Crippen MR) is 80.6 cm³/mol. The van der Waals surface area contributed by atoms with Crippen molar-refractivity contribution in [2.45, 2.75) is 18.9 Å². The van der Waals surface area contributed by atoms with Gasteiger partial charge < -0.3 is 20.0 Å². The van der Waals surface area contributed by atoms with Gasteiger partial charge >= 0.3 is 0 Å². The summed E-state index contributed by atoms with van der Waals surface area (Å²) in [6, 6.07) is 0.295. The quantitative estimate of drug-likeness (QED) is 0.825. The summed E-state index contributed by atoms with van der Waals surface area (Å²) in [4.78, 5) is 31.0. The van der Waals surface area contributed by atoms with Crippen LogP contribution in [0.3, 0.4) is 0 Å². The highest BCUT2D eigenvalue weighted by Crippen LogP contribution is 2.25. The zero-order chi connectivity index (χ0) is 15.0. The molecule has 3 rings (SSSR count). The van der Waals surface area contributed by atoms with Crippen molar-refractivity contribution in [3.8, 4) is 0 Å². The van der Waals surface area contributed by atoms with Crippen molar-refractivity contribution in [3.63, 3.8) is 0 Å². The van der Waals surface area contributed by atoms with Crippen molar-refractivity contribution in [1.82, 2.24) is 19.9 Å². The lowest BCUT2D eigenvalue weighted by Gasteiger charge is -2.37. The minimum atomic E-state index is 0.278. The molecule has 0 saturated carbocycles. The number of carbonyl (C=O) groups excluding carboxylic acids is 1. The number of amides is 1. The zero-order valence-corrected chi connectivity index (χ0v) is 12.7. The second-order valence-corrected chi connectivity index (χ2v) is 5.63. The molecule has 2 aliphatic heterocycles. The van der Waals surface area contributed by atoms with E-state index < -0.39 is 0 Å². The third-order valence-electron chi connectivity index (χ3n) is 4.01. The van der Waals surface area contributed by atoms with Gasteiger partial charge in [-0.1, -0.05) is 0 Å². The van der Waals surface area contributed by atoms with E-state index in [0.717, 1.165) is 26.1 Å². The van der Waals surface area contributed by atoms with E-state index in [4.69, 9.17) is 0 Å². The van der Waals surface area contributed by atoms with Gasteiger partial charge in [-0.15, -0.1) is 0 Å². The summed E-state index contributed by atoms with van der Waals surface area (Å²) in [5.41, 5.74) is 0. The summed E-state index contributed by atoms with van der Waals surface area (Å²) in [7, 11) is 5.62. The topological polar surface area (TPSA) is 77.5 Å². The molecular weight excluding hydrogens is 270 g/mol. The van der Waals surface area contributed by atoms with Crippen molar-refractivity contribution in [2.75, 3.05) is 55.9 Å². The van der Waals surface area contributed by atoms with Crippen molar-refractivity contribution in [3.05, 3.63) is 0 Å². The Morgan fingerprint density at radius 1 is 1.24 bits per heavy atom. The van der Waals surface area contributed by atoms with Crippen molar-refractivity contribution >= 4 is 23.8 Å². The lowest BCUT2D eigenvalue weighted by atomic mass is 10.2. The fourth-order valence-corrected chi connectivity index (χ4v) is 2.85. The highest BCUT2D eigenvalue weighted by Gasteiger charge is 2.36. The van der Waals surface area contributed by atoms with E-state index in [1.807, 2.05) is 23.9 Å². The summed E-state index contributed by atoms with van der Waals surface area (Å²) in [6.45, 7) is 2.31. The standard InChI is InChI=1S/C13H21N7O/c1-14-11-15-12(18(2)3)17-13(16-11)19-6-7-20-9(8-19)4-5-10(20)21/h9H,4-8H2,1-3H3,(H,14,15,16,17). The Morgan fingerprint density at radius 3 is 2.76 bits per heavy atom. The minimum Gasteiger partial charge on any atom is -0.357 e. The number of aromatic nitrogens is 3. The van der Waals surface area contributed by atoms with Crippen LogP contribution in [0.25, 0.3) is 0 Å². The molecule has 1 unspecified atom stereocenters. The Bertz CT molecular complexity index is 547. The first-order chi connectivity index (χ1) is 10.1.